The van der Waals surface area contributed by atoms with Gasteiger partial charge in [-0.2, -0.15) is 0 Å². The summed E-state index contributed by atoms with van der Waals surface area (Å²) >= 11 is 1.27. The van der Waals surface area contributed by atoms with Crippen molar-refractivity contribution in [2.24, 2.45) is 0 Å². The van der Waals surface area contributed by atoms with Crippen LogP contribution in [0.3, 0.4) is 0 Å². The molecule has 1 aromatic rings. The third-order valence-corrected chi connectivity index (χ3v) is 1.55. The van der Waals surface area contributed by atoms with E-state index in [1.807, 2.05) is 0 Å². The second-order valence-corrected chi connectivity index (χ2v) is 2.22. The summed E-state index contributed by atoms with van der Waals surface area (Å²) in [4.78, 5) is 14.3. The molecule has 0 unspecified atom stereocenters. The number of nitrogens with zero attached hydrogens (tertiary/aromatic N) is 1. The third kappa shape index (κ3) is 1.97. The molecule has 1 heterocycles. The molecule has 56 valence electrons. The highest BCUT2D eigenvalue weighted by Crippen LogP contribution is 2.03. The van der Waals surface area contributed by atoms with Gasteiger partial charge < -0.3 is 4.74 Å². The fraction of sp³-hybridized carbons (Fsp3) is 0.200. The molecular weight excluding hydrogens is 174 g/mol. The maximum Gasteiger partial charge on any atom is 0.367 e. The Morgan fingerprint density at radius 1 is 1.80 bits per heavy atom. The Morgan fingerprint density at radius 2 is 2.50 bits per heavy atom. The standard InChI is InChI=1S/C5H5NO2S.ClH/c1-8-5(7)4-6-2-3-9-4;/h2-3H,1H3;1H. The van der Waals surface area contributed by atoms with Crippen LogP contribution < -0.4 is 0 Å². The van der Waals surface area contributed by atoms with Gasteiger partial charge in [-0.3, -0.25) is 0 Å². The maximum atomic E-state index is 10.6. The van der Waals surface area contributed by atoms with Gasteiger partial charge in [-0.15, -0.1) is 23.7 Å². The van der Waals surface area contributed by atoms with Gasteiger partial charge in [0.15, 0.2) is 0 Å². The number of carbonyl (C=O) groups excluding carboxylic acids is 1. The average Bonchev–Trinajstić information content (AvgIpc) is 2.37. The number of thiazole rings is 1. The van der Waals surface area contributed by atoms with Crippen LogP contribution in [0.2, 0.25) is 0 Å². The second-order valence-electron chi connectivity index (χ2n) is 1.33. The largest absolute Gasteiger partial charge is 0.464 e. The first kappa shape index (κ1) is 9.39. The van der Waals surface area contributed by atoms with Gasteiger partial charge in [0.25, 0.3) is 0 Å². The van der Waals surface area contributed by atoms with E-state index in [-0.39, 0.29) is 18.4 Å². The quantitative estimate of drug-likeness (QED) is 0.611. The lowest BCUT2D eigenvalue weighted by molar-refractivity contribution is 0.0600. The molecule has 1 aromatic heterocycles. The Balaban J connectivity index is 0.000000810. The van der Waals surface area contributed by atoms with Gasteiger partial charge in [0.1, 0.15) is 0 Å². The fourth-order valence-electron chi connectivity index (χ4n) is 0.412. The molecule has 3 nitrogen and oxygen atoms in total. The molecule has 0 aliphatic heterocycles. The number of hydrogen-bond acceptors (Lipinski definition) is 4. The Morgan fingerprint density at radius 3 is 2.90 bits per heavy atom. The van der Waals surface area contributed by atoms with Crippen molar-refractivity contribution in [1.82, 2.24) is 4.98 Å². The van der Waals surface area contributed by atoms with E-state index >= 15 is 0 Å². The van der Waals surface area contributed by atoms with Crippen LogP contribution in [0.4, 0.5) is 0 Å². The van der Waals surface area contributed by atoms with E-state index in [9.17, 15) is 4.79 Å². The third-order valence-electron chi connectivity index (χ3n) is 0.792. The van der Waals surface area contributed by atoms with E-state index < -0.39 is 0 Å². The fourth-order valence-corrected chi connectivity index (χ4v) is 0.963. The highest BCUT2D eigenvalue weighted by atomic mass is 35.5. The van der Waals surface area contributed by atoms with Crippen LogP contribution in [-0.2, 0) is 4.74 Å². The molecule has 0 aromatic carbocycles. The van der Waals surface area contributed by atoms with Crippen molar-refractivity contribution in [3.8, 4) is 0 Å². The topological polar surface area (TPSA) is 39.2 Å². The maximum absolute atomic E-state index is 10.6. The van der Waals surface area contributed by atoms with Gasteiger partial charge in [-0.1, -0.05) is 0 Å². The molecule has 0 N–H and O–H groups in total. The molecule has 5 heteroatoms. The van der Waals surface area contributed by atoms with Crippen molar-refractivity contribution in [2.45, 2.75) is 0 Å². The van der Waals surface area contributed by atoms with Crippen LogP contribution in [0.25, 0.3) is 0 Å². The number of hydrogen-bond donors (Lipinski definition) is 0. The van der Waals surface area contributed by atoms with Gasteiger partial charge in [0.2, 0.25) is 5.01 Å². The SMILES string of the molecule is COC(=O)c1nccs1.Cl. The minimum atomic E-state index is -0.370. The van der Waals surface area contributed by atoms with Gasteiger partial charge in [0.05, 0.1) is 7.11 Å². The van der Waals surface area contributed by atoms with Crippen LogP contribution in [0.5, 0.6) is 0 Å². The molecule has 0 saturated carbocycles. The highest BCUT2D eigenvalue weighted by molar-refractivity contribution is 7.11. The molecular formula is C5H6ClNO2S. The smallest absolute Gasteiger partial charge is 0.367 e. The molecule has 10 heavy (non-hydrogen) atoms. The van der Waals surface area contributed by atoms with Gasteiger partial charge in [-0.05, 0) is 0 Å². The summed E-state index contributed by atoms with van der Waals surface area (Å²) in [7, 11) is 1.34. The lowest BCUT2D eigenvalue weighted by atomic mass is 10.7. The Hall–Kier alpha value is -0.610. The minimum Gasteiger partial charge on any atom is -0.464 e. The van der Waals surface area contributed by atoms with Crippen LogP contribution >= 0.6 is 23.7 Å². The molecule has 0 aliphatic carbocycles. The van der Waals surface area contributed by atoms with E-state index in [2.05, 4.69) is 9.72 Å². The molecule has 1 rings (SSSR count). The molecule has 0 bridgehead atoms. The Labute approximate surface area is 68.4 Å². The van der Waals surface area contributed by atoms with E-state index in [1.54, 1.807) is 11.6 Å². The predicted molar refractivity (Wildman–Crippen MR) is 40.7 cm³/mol. The molecule has 0 spiro atoms. The summed E-state index contributed by atoms with van der Waals surface area (Å²) in [6.45, 7) is 0. The van der Waals surface area contributed by atoms with Gasteiger partial charge in [0, 0.05) is 11.6 Å². The zero-order valence-corrected chi connectivity index (χ0v) is 6.87. The lowest BCUT2D eigenvalue weighted by Gasteiger charge is -1.88. The summed E-state index contributed by atoms with van der Waals surface area (Å²) in [5.41, 5.74) is 0. The summed E-state index contributed by atoms with van der Waals surface area (Å²) < 4.78 is 4.40. The van der Waals surface area contributed by atoms with Crippen molar-refractivity contribution >= 4 is 29.7 Å². The van der Waals surface area contributed by atoms with Crippen LogP contribution in [0, 0.1) is 0 Å². The van der Waals surface area contributed by atoms with Crippen molar-refractivity contribution in [3.05, 3.63) is 16.6 Å². The number of halogens is 1. The normalized spacial score (nSPS) is 8.10. The number of aromatic nitrogens is 1. The second kappa shape index (κ2) is 4.24. The molecule has 0 saturated heterocycles. The zero-order valence-electron chi connectivity index (χ0n) is 5.23. The lowest BCUT2D eigenvalue weighted by Crippen LogP contribution is -1.98. The summed E-state index contributed by atoms with van der Waals surface area (Å²) in [5, 5.41) is 2.13. The van der Waals surface area contributed by atoms with Crippen molar-refractivity contribution < 1.29 is 9.53 Å². The van der Waals surface area contributed by atoms with Crippen LogP contribution in [0.15, 0.2) is 11.6 Å². The number of rotatable bonds is 1. The van der Waals surface area contributed by atoms with Crippen LogP contribution in [-0.4, -0.2) is 18.1 Å². The summed E-state index contributed by atoms with van der Waals surface area (Å²) in [6, 6.07) is 0. The predicted octanol–water partition coefficient (Wildman–Crippen LogP) is 1.35. The first-order valence-electron chi connectivity index (χ1n) is 2.32. The van der Waals surface area contributed by atoms with Crippen molar-refractivity contribution in [1.29, 1.82) is 0 Å². The van der Waals surface area contributed by atoms with Crippen molar-refractivity contribution in [3.63, 3.8) is 0 Å². The molecule has 0 amide bonds. The minimum absolute atomic E-state index is 0. The van der Waals surface area contributed by atoms with Gasteiger partial charge >= 0.3 is 5.97 Å². The first-order chi connectivity index (χ1) is 4.34. The summed E-state index contributed by atoms with van der Waals surface area (Å²) in [6.07, 6.45) is 1.57. The zero-order chi connectivity index (χ0) is 6.69. The number of methoxy groups -OCH3 is 1. The number of ether oxygens (including phenoxy) is 1. The first-order valence-corrected chi connectivity index (χ1v) is 3.20. The monoisotopic (exact) mass is 179 g/mol. The molecule has 0 fully saturated rings. The number of esters is 1. The van der Waals surface area contributed by atoms with E-state index in [4.69, 9.17) is 0 Å². The highest BCUT2D eigenvalue weighted by Gasteiger charge is 2.05. The molecule has 0 radical (unpaired) electrons. The molecule has 0 atom stereocenters. The van der Waals surface area contributed by atoms with Crippen LogP contribution in [0.1, 0.15) is 9.80 Å². The van der Waals surface area contributed by atoms with E-state index in [0.29, 0.717) is 5.01 Å². The van der Waals surface area contributed by atoms with Gasteiger partial charge in [-0.25, -0.2) is 9.78 Å². The average molecular weight is 180 g/mol. The van der Waals surface area contributed by atoms with E-state index in [0.717, 1.165) is 0 Å². The molecule has 0 aliphatic rings. The van der Waals surface area contributed by atoms with E-state index in [1.165, 1.54) is 18.4 Å². The Bertz CT molecular complexity index is 199. The summed E-state index contributed by atoms with van der Waals surface area (Å²) in [5.74, 6) is -0.370. The Kier molecular flexibility index (Phi) is 3.99. The van der Waals surface area contributed by atoms with Crippen molar-refractivity contribution in [2.75, 3.05) is 7.11 Å². The number of carbonyl (C=O) groups is 1.